The highest BCUT2D eigenvalue weighted by Crippen LogP contribution is 2.32. The molecule has 2 aliphatic heterocycles. The molecule has 2 saturated heterocycles. The number of nitrogens with zero attached hydrogens (tertiary/aromatic N) is 4. The SMILES string of the molecule is COCC(Oc1cnc(N2CC(N)C(c3cc(F)c(F)cc3F)C2)nc1)C1CCN(C(=O)OCc2ccccc2)CC1. The topological polar surface area (TPSA) is 103 Å². The minimum Gasteiger partial charge on any atom is -0.484 e. The second kappa shape index (κ2) is 13.4. The molecule has 3 aromatic rings. The molecule has 5 rings (SSSR count). The molecule has 3 unspecified atom stereocenters. The van der Waals surface area contributed by atoms with E-state index in [1.807, 2.05) is 30.3 Å². The molecule has 2 fully saturated rings. The molecule has 2 N–H and O–H groups in total. The zero-order valence-electron chi connectivity index (χ0n) is 23.3. The van der Waals surface area contributed by atoms with Gasteiger partial charge in [-0.3, -0.25) is 0 Å². The lowest BCUT2D eigenvalue weighted by Crippen LogP contribution is -2.44. The Kier molecular flexibility index (Phi) is 9.43. The van der Waals surface area contributed by atoms with Gasteiger partial charge in [-0.05, 0) is 30.0 Å². The molecule has 224 valence electrons. The molecule has 0 aliphatic carbocycles. The number of ether oxygens (including phenoxy) is 3. The van der Waals surface area contributed by atoms with E-state index in [1.165, 1.54) is 0 Å². The molecule has 12 heteroatoms. The highest BCUT2D eigenvalue weighted by atomic mass is 19.2. The van der Waals surface area contributed by atoms with Gasteiger partial charge >= 0.3 is 6.09 Å². The highest BCUT2D eigenvalue weighted by Gasteiger charge is 2.35. The van der Waals surface area contributed by atoms with Crippen molar-refractivity contribution in [3.05, 3.63) is 83.4 Å². The van der Waals surface area contributed by atoms with Crippen molar-refractivity contribution in [1.29, 1.82) is 0 Å². The molecule has 0 spiro atoms. The Labute approximate surface area is 242 Å². The number of amides is 1. The van der Waals surface area contributed by atoms with E-state index in [0.29, 0.717) is 44.0 Å². The molecule has 2 aromatic carbocycles. The first kappa shape index (κ1) is 29.6. The molecule has 1 amide bonds. The second-order valence-corrected chi connectivity index (χ2v) is 10.7. The van der Waals surface area contributed by atoms with Gasteiger partial charge in [-0.1, -0.05) is 30.3 Å². The van der Waals surface area contributed by atoms with Gasteiger partial charge in [0, 0.05) is 57.2 Å². The summed E-state index contributed by atoms with van der Waals surface area (Å²) in [6.07, 6.45) is 3.95. The molecule has 1 aromatic heterocycles. The van der Waals surface area contributed by atoms with E-state index >= 15 is 0 Å². The Morgan fingerprint density at radius 3 is 2.40 bits per heavy atom. The fourth-order valence-corrected chi connectivity index (χ4v) is 5.55. The summed E-state index contributed by atoms with van der Waals surface area (Å²) in [7, 11) is 1.61. The minimum absolute atomic E-state index is 0.0294. The second-order valence-electron chi connectivity index (χ2n) is 10.7. The molecule has 0 radical (unpaired) electrons. The molecule has 42 heavy (non-hydrogen) atoms. The molecule has 2 aliphatic rings. The van der Waals surface area contributed by atoms with Crippen LogP contribution in [0.15, 0.2) is 54.9 Å². The summed E-state index contributed by atoms with van der Waals surface area (Å²) in [6.45, 7) is 2.26. The number of methoxy groups -OCH3 is 1. The third kappa shape index (κ3) is 6.93. The van der Waals surface area contributed by atoms with Gasteiger partial charge in [0.25, 0.3) is 0 Å². The smallest absolute Gasteiger partial charge is 0.410 e. The number of nitrogens with two attached hydrogens (primary N) is 1. The van der Waals surface area contributed by atoms with E-state index < -0.39 is 29.4 Å². The molecule has 0 saturated carbocycles. The lowest BCUT2D eigenvalue weighted by Gasteiger charge is -2.35. The maximum atomic E-state index is 14.4. The van der Waals surface area contributed by atoms with Crippen LogP contribution in [0.2, 0.25) is 0 Å². The van der Waals surface area contributed by atoms with Gasteiger partial charge in [0.1, 0.15) is 18.5 Å². The third-order valence-corrected chi connectivity index (χ3v) is 7.85. The summed E-state index contributed by atoms with van der Waals surface area (Å²) < 4.78 is 58.6. The molecule has 0 bridgehead atoms. The summed E-state index contributed by atoms with van der Waals surface area (Å²) in [4.78, 5) is 24.9. The Morgan fingerprint density at radius 2 is 1.71 bits per heavy atom. The van der Waals surface area contributed by atoms with Crippen molar-refractivity contribution in [3.63, 3.8) is 0 Å². The van der Waals surface area contributed by atoms with Gasteiger partial charge in [0.15, 0.2) is 17.4 Å². The molecule has 9 nitrogen and oxygen atoms in total. The van der Waals surface area contributed by atoms with Crippen LogP contribution < -0.4 is 15.4 Å². The number of hydrogen-bond acceptors (Lipinski definition) is 8. The van der Waals surface area contributed by atoms with Crippen LogP contribution in [-0.4, -0.2) is 73.0 Å². The van der Waals surface area contributed by atoms with E-state index in [0.717, 1.165) is 24.5 Å². The van der Waals surface area contributed by atoms with Crippen LogP contribution in [0.5, 0.6) is 5.75 Å². The van der Waals surface area contributed by atoms with Crippen LogP contribution in [0.1, 0.15) is 29.9 Å². The van der Waals surface area contributed by atoms with Gasteiger partial charge in [0.2, 0.25) is 5.95 Å². The molecule has 3 atom stereocenters. The van der Waals surface area contributed by atoms with Crippen LogP contribution in [0, 0.1) is 23.4 Å². The number of benzene rings is 2. The largest absolute Gasteiger partial charge is 0.484 e. The summed E-state index contributed by atoms with van der Waals surface area (Å²) in [5, 5.41) is 0. The Bertz CT molecular complexity index is 1340. The van der Waals surface area contributed by atoms with Crippen LogP contribution >= 0.6 is 0 Å². The van der Waals surface area contributed by atoms with Crippen molar-refractivity contribution in [3.8, 4) is 5.75 Å². The number of hydrogen-bond donors (Lipinski definition) is 1. The van der Waals surface area contributed by atoms with Crippen molar-refractivity contribution < 1.29 is 32.2 Å². The zero-order chi connectivity index (χ0) is 29.6. The Balaban J connectivity index is 1.15. The van der Waals surface area contributed by atoms with Gasteiger partial charge in [-0.25, -0.2) is 27.9 Å². The normalized spacial score (nSPS) is 20.0. The van der Waals surface area contributed by atoms with Gasteiger partial charge in [-0.2, -0.15) is 0 Å². The van der Waals surface area contributed by atoms with Crippen molar-refractivity contribution in [2.45, 2.75) is 37.5 Å². The van der Waals surface area contributed by atoms with Crippen molar-refractivity contribution >= 4 is 12.0 Å². The lowest BCUT2D eigenvalue weighted by molar-refractivity contribution is 0.0150. The number of aromatic nitrogens is 2. The third-order valence-electron chi connectivity index (χ3n) is 7.85. The first-order valence-electron chi connectivity index (χ1n) is 13.9. The van der Waals surface area contributed by atoms with Gasteiger partial charge in [0.05, 0.1) is 19.0 Å². The van der Waals surface area contributed by atoms with Crippen molar-refractivity contribution in [2.75, 3.05) is 44.8 Å². The monoisotopic (exact) mass is 585 g/mol. The number of anilines is 1. The van der Waals surface area contributed by atoms with Crippen LogP contribution in [0.3, 0.4) is 0 Å². The molecule has 3 heterocycles. The molecular weight excluding hydrogens is 551 g/mol. The minimum atomic E-state index is -1.24. The summed E-state index contributed by atoms with van der Waals surface area (Å²) in [6, 6.07) is 10.4. The average Bonchev–Trinajstić information content (AvgIpc) is 3.39. The van der Waals surface area contributed by atoms with E-state index in [1.54, 1.807) is 29.3 Å². The number of rotatable bonds is 9. The van der Waals surface area contributed by atoms with Crippen molar-refractivity contribution in [2.24, 2.45) is 11.7 Å². The predicted octanol–water partition coefficient (Wildman–Crippen LogP) is 4.27. The quantitative estimate of drug-likeness (QED) is 0.372. The number of halogens is 3. The first-order chi connectivity index (χ1) is 20.3. The van der Waals surface area contributed by atoms with E-state index in [4.69, 9.17) is 19.9 Å². The lowest BCUT2D eigenvalue weighted by atomic mass is 9.91. The van der Waals surface area contributed by atoms with Gasteiger partial charge in [-0.15, -0.1) is 0 Å². The van der Waals surface area contributed by atoms with E-state index in [-0.39, 0.29) is 36.8 Å². The first-order valence-corrected chi connectivity index (χ1v) is 13.9. The van der Waals surface area contributed by atoms with Crippen LogP contribution in [-0.2, 0) is 16.1 Å². The van der Waals surface area contributed by atoms with E-state index in [9.17, 15) is 18.0 Å². The number of piperidine rings is 1. The van der Waals surface area contributed by atoms with Crippen molar-refractivity contribution in [1.82, 2.24) is 14.9 Å². The van der Waals surface area contributed by atoms with Gasteiger partial charge < -0.3 is 29.7 Å². The Morgan fingerprint density at radius 1 is 1.02 bits per heavy atom. The average molecular weight is 586 g/mol. The predicted molar refractivity (Wildman–Crippen MR) is 148 cm³/mol. The summed E-state index contributed by atoms with van der Waals surface area (Å²) >= 11 is 0. The fraction of sp³-hybridized carbons (Fsp3) is 0.433. The van der Waals surface area contributed by atoms with Crippen LogP contribution in [0.4, 0.5) is 23.9 Å². The summed E-state index contributed by atoms with van der Waals surface area (Å²) in [5.74, 6) is -2.77. The number of likely N-dealkylation sites (tertiary alicyclic amines) is 1. The number of carbonyl (C=O) groups excluding carboxylic acids is 1. The Hall–Kier alpha value is -3.90. The fourth-order valence-electron chi connectivity index (χ4n) is 5.55. The number of carbonyl (C=O) groups is 1. The standard InChI is InChI=1S/C30H34F3N5O4/c1-40-18-28(20-7-9-37(10-8-20)30(39)41-17-19-5-3-2-4-6-19)42-21-13-35-29(36-14-21)38-15-23(27(34)16-38)22-11-25(32)26(33)12-24(22)31/h2-6,11-14,20,23,27-28H,7-10,15-18,34H2,1H3. The van der Waals surface area contributed by atoms with E-state index in [2.05, 4.69) is 9.97 Å². The zero-order valence-corrected chi connectivity index (χ0v) is 23.3. The maximum absolute atomic E-state index is 14.4. The van der Waals surface area contributed by atoms with Crippen LogP contribution in [0.25, 0.3) is 0 Å². The summed E-state index contributed by atoms with van der Waals surface area (Å²) in [5.41, 5.74) is 7.19. The highest BCUT2D eigenvalue weighted by molar-refractivity contribution is 5.67. The maximum Gasteiger partial charge on any atom is 0.410 e. The molecular formula is C30H34F3N5O4.